The van der Waals surface area contributed by atoms with Crippen molar-refractivity contribution in [2.75, 3.05) is 53.0 Å². The van der Waals surface area contributed by atoms with Gasteiger partial charge in [0.15, 0.2) is 0 Å². The van der Waals surface area contributed by atoms with E-state index in [1.54, 1.807) is 0 Å². The largest absolute Gasteiger partial charge is 0.465 e. The van der Waals surface area contributed by atoms with Gasteiger partial charge in [0, 0.05) is 56.4 Å². The highest BCUT2D eigenvalue weighted by atomic mass is 35.5. The first-order valence-electron chi connectivity index (χ1n) is 13.1. The van der Waals surface area contributed by atoms with Gasteiger partial charge in [0.25, 0.3) is 0 Å². The topological polar surface area (TPSA) is 112 Å². The van der Waals surface area contributed by atoms with Crippen molar-refractivity contribution in [1.82, 2.24) is 20.9 Å². The highest BCUT2D eigenvalue weighted by Crippen LogP contribution is 2.33. The van der Waals surface area contributed by atoms with Gasteiger partial charge >= 0.3 is 12.1 Å². The van der Waals surface area contributed by atoms with Crippen molar-refractivity contribution in [2.45, 2.75) is 50.7 Å². The van der Waals surface area contributed by atoms with Crippen LogP contribution in [0.4, 0.5) is 9.59 Å². The summed E-state index contributed by atoms with van der Waals surface area (Å²) in [6, 6.07) is 7.61. The Hall–Kier alpha value is -2.07. The molecule has 2 aliphatic rings. The number of amides is 3. The van der Waals surface area contributed by atoms with E-state index in [1.165, 1.54) is 0 Å². The van der Waals surface area contributed by atoms with Gasteiger partial charge in [0.1, 0.15) is 0 Å². The van der Waals surface area contributed by atoms with Crippen molar-refractivity contribution in [3.05, 3.63) is 34.9 Å². The highest BCUT2D eigenvalue weighted by Gasteiger charge is 2.31. The van der Waals surface area contributed by atoms with Crippen LogP contribution in [0, 0.1) is 11.8 Å². The minimum Gasteiger partial charge on any atom is -0.465 e. The first-order valence-corrected chi connectivity index (χ1v) is 13.5. The molecule has 2 saturated heterocycles. The Morgan fingerprint density at radius 3 is 2.78 bits per heavy atom. The number of hydrogen-bond donors (Lipinski definition) is 4. The molecule has 0 saturated carbocycles. The molecule has 2 fully saturated rings. The van der Waals surface area contributed by atoms with Crippen LogP contribution in [0.5, 0.6) is 0 Å². The molecule has 3 unspecified atom stereocenters. The van der Waals surface area contributed by atoms with Gasteiger partial charge in [-0.25, -0.2) is 9.59 Å². The van der Waals surface area contributed by atoms with Crippen LogP contribution in [0.15, 0.2) is 24.3 Å². The van der Waals surface area contributed by atoms with Crippen LogP contribution in [0.1, 0.15) is 50.2 Å². The van der Waals surface area contributed by atoms with Crippen molar-refractivity contribution in [2.24, 2.45) is 11.8 Å². The molecular formula is C26H41ClN4O5. The van der Waals surface area contributed by atoms with Crippen LogP contribution in [0.2, 0.25) is 5.02 Å². The molecule has 0 spiro atoms. The summed E-state index contributed by atoms with van der Waals surface area (Å²) >= 11 is 6.28. The predicted molar refractivity (Wildman–Crippen MR) is 139 cm³/mol. The van der Waals surface area contributed by atoms with Gasteiger partial charge < -0.3 is 35.4 Å². The third-order valence-electron chi connectivity index (χ3n) is 7.01. The first kappa shape index (κ1) is 28.5. The lowest BCUT2D eigenvalue weighted by Gasteiger charge is -2.33. The number of halogens is 1. The lowest BCUT2D eigenvalue weighted by atomic mass is 9.91. The maximum Gasteiger partial charge on any atom is 0.404 e. The first-order chi connectivity index (χ1) is 17.5. The van der Waals surface area contributed by atoms with Crippen molar-refractivity contribution in [3.8, 4) is 0 Å². The van der Waals surface area contributed by atoms with E-state index in [0.717, 1.165) is 63.8 Å². The summed E-state index contributed by atoms with van der Waals surface area (Å²) in [5.41, 5.74) is 0.942. The molecule has 9 nitrogen and oxygen atoms in total. The number of carbonyl (C=O) groups excluding carboxylic acids is 1. The molecule has 36 heavy (non-hydrogen) atoms. The number of urea groups is 1. The minimum atomic E-state index is -1.08. The number of nitrogens with one attached hydrogen (secondary N) is 3. The number of likely N-dealkylation sites (tertiary alicyclic amines) is 1. The number of rotatable bonds is 11. The van der Waals surface area contributed by atoms with E-state index >= 15 is 0 Å². The smallest absolute Gasteiger partial charge is 0.404 e. The Kier molecular flexibility index (Phi) is 12.1. The van der Waals surface area contributed by atoms with E-state index in [9.17, 15) is 9.59 Å². The van der Waals surface area contributed by atoms with Gasteiger partial charge in [-0.15, -0.1) is 0 Å². The predicted octanol–water partition coefficient (Wildman–Crippen LogP) is 3.88. The molecule has 1 aromatic rings. The summed E-state index contributed by atoms with van der Waals surface area (Å²) in [7, 11) is 1.91. The zero-order valence-electron chi connectivity index (χ0n) is 21.2. The molecule has 3 amide bonds. The van der Waals surface area contributed by atoms with Gasteiger partial charge in [-0.1, -0.05) is 30.2 Å². The molecular weight excluding hydrogens is 484 g/mol. The third kappa shape index (κ3) is 9.42. The molecule has 2 aliphatic heterocycles. The van der Waals surface area contributed by atoms with Gasteiger partial charge in [-0.3, -0.25) is 0 Å². The van der Waals surface area contributed by atoms with Gasteiger partial charge in [-0.05, 0) is 62.8 Å². The standard InChI is InChI=1S/C26H41ClN4O5/c1-28-17-23(15-19-8-12-35-13-9-19)30-25(32)31-11-3-2-5-21(18-31)24(36-14-10-29-26(33)34)20-6-4-7-22(27)16-20/h4,6-7,16,19,21,23-24,28-29H,2-3,5,8-15,17-18H2,1H3,(H,30,32)(H,33,34). The average molecular weight is 525 g/mol. The summed E-state index contributed by atoms with van der Waals surface area (Å²) in [6.45, 7) is 4.03. The van der Waals surface area contributed by atoms with E-state index in [-0.39, 0.29) is 37.2 Å². The molecule has 10 heteroatoms. The van der Waals surface area contributed by atoms with Gasteiger partial charge in [0.2, 0.25) is 0 Å². The van der Waals surface area contributed by atoms with Gasteiger partial charge in [-0.2, -0.15) is 0 Å². The maximum absolute atomic E-state index is 13.4. The van der Waals surface area contributed by atoms with Crippen molar-refractivity contribution in [1.29, 1.82) is 0 Å². The number of nitrogens with zero attached hydrogens (tertiary/aromatic N) is 1. The number of benzene rings is 1. The highest BCUT2D eigenvalue weighted by molar-refractivity contribution is 6.30. The van der Waals surface area contributed by atoms with Crippen LogP contribution < -0.4 is 16.0 Å². The number of carbonyl (C=O) groups is 2. The summed E-state index contributed by atoms with van der Waals surface area (Å²) in [5, 5.41) is 18.4. The van der Waals surface area contributed by atoms with E-state index < -0.39 is 6.09 Å². The van der Waals surface area contributed by atoms with Crippen molar-refractivity contribution in [3.63, 3.8) is 0 Å². The van der Waals surface area contributed by atoms with E-state index in [2.05, 4.69) is 16.0 Å². The Bertz CT molecular complexity index is 823. The Labute approximate surface area is 219 Å². The second-order valence-corrected chi connectivity index (χ2v) is 10.2. The van der Waals surface area contributed by atoms with E-state index in [0.29, 0.717) is 24.0 Å². The van der Waals surface area contributed by atoms with Crippen LogP contribution in [-0.2, 0) is 9.47 Å². The van der Waals surface area contributed by atoms with Gasteiger partial charge in [0.05, 0.1) is 12.7 Å². The Morgan fingerprint density at radius 2 is 2.06 bits per heavy atom. The van der Waals surface area contributed by atoms with E-state index in [1.807, 2.05) is 36.2 Å². The summed E-state index contributed by atoms with van der Waals surface area (Å²) in [6.07, 6.45) is 4.49. The lowest BCUT2D eigenvalue weighted by Crippen LogP contribution is -2.50. The summed E-state index contributed by atoms with van der Waals surface area (Å²) in [5.74, 6) is 0.633. The molecule has 4 N–H and O–H groups in total. The maximum atomic E-state index is 13.4. The zero-order valence-corrected chi connectivity index (χ0v) is 22.0. The normalized spacial score (nSPS) is 20.8. The molecule has 1 aromatic carbocycles. The number of ether oxygens (including phenoxy) is 2. The van der Waals surface area contributed by atoms with Crippen molar-refractivity contribution < 1.29 is 24.2 Å². The molecule has 0 aromatic heterocycles. The van der Waals surface area contributed by atoms with Crippen LogP contribution >= 0.6 is 11.6 Å². The molecule has 2 heterocycles. The van der Waals surface area contributed by atoms with Crippen molar-refractivity contribution >= 4 is 23.7 Å². The fourth-order valence-electron chi connectivity index (χ4n) is 5.23. The molecule has 0 radical (unpaired) electrons. The third-order valence-corrected chi connectivity index (χ3v) is 7.25. The second-order valence-electron chi connectivity index (χ2n) is 9.78. The zero-order chi connectivity index (χ0) is 25.8. The quantitative estimate of drug-likeness (QED) is 0.327. The Balaban J connectivity index is 1.67. The fourth-order valence-corrected chi connectivity index (χ4v) is 5.43. The Morgan fingerprint density at radius 1 is 1.25 bits per heavy atom. The lowest BCUT2D eigenvalue weighted by molar-refractivity contribution is 0.00428. The molecule has 202 valence electrons. The SMILES string of the molecule is CNCC(CC1CCOCC1)NC(=O)N1CCCCC(C(OCCNC(=O)O)c2cccc(Cl)c2)C1. The molecule has 3 rings (SSSR count). The average Bonchev–Trinajstić information content (AvgIpc) is 3.11. The number of likely N-dealkylation sites (N-methyl/N-ethyl adjacent to an activating group) is 1. The number of carboxylic acid groups (broad SMARTS) is 1. The minimum absolute atomic E-state index is 0.0356. The van der Waals surface area contributed by atoms with E-state index in [4.69, 9.17) is 26.2 Å². The second kappa shape index (κ2) is 15.2. The van der Waals surface area contributed by atoms with Crippen LogP contribution in [0.3, 0.4) is 0 Å². The molecule has 3 atom stereocenters. The fraction of sp³-hybridized carbons (Fsp3) is 0.692. The monoisotopic (exact) mass is 524 g/mol. The van der Waals surface area contributed by atoms with Crippen LogP contribution in [-0.4, -0.2) is 81.2 Å². The summed E-state index contributed by atoms with van der Waals surface area (Å²) < 4.78 is 11.7. The van der Waals surface area contributed by atoms with Crippen LogP contribution in [0.25, 0.3) is 0 Å². The molecule has 0 bridgehead atoms. The molecule has 0 aliphatic carbocycles. The number of hydrogen-bond acceptors (Lipinski definition) is 5. The summed E-state index contributed by atoms with van der Waals surface area (Å²) in [4.78, 5) is 26.2.